The van der Waals surface area contributed by atoms with E-state index < -0.39 is 0 Å². The Kier molecular flexibility index (Phi) is 6.06. The predicted octanol–water partition coefficient (Wildman–Crippen LogP) is 0.975. The summed E-state index contributed by atoms with van der Waals surface area (Å²) in [6.07, 6.45) is 3.65. The molecule has 1 aromatic carbocycles. The van der Waals surface area contributed by atoms with Crippen LogP contribution >= 0.6 is 0 Å². The van der Waals surface area contributed by atoms with Crippen molar-refractivity contribution in [2.75, 3.05) is 0 Å². The van der Waals surface area contributed by atoms with Gasteiger partial charge in [0.25, 0.3) is 11.5 Å². The topological polar surface area (TPSA) is 111 Å². The maximum atomic E-state index is 12.4. The number of aryl methyl sites for hydroxylation is 1. The molecule has 152 valence electrons. The molecule has 0 fully saturated rings. The Morgan fingerprint density at radius 1 is 1.21 bits per heavy atom. The zero-order chi connectivity index (χ0) is 21.0. The van der Waals surface area contributed by atoms with E-state index in [9.17, 15) is 14.4 Å². The van der Waals surface area contributed by atoms with Crippen LogP contribution < -0.4 is 16.2 Å². The average Bonchev–Trinajstić information content (AvgIpc) is 3.10. The molecule has 0 aliphatic heterocycles. The van der Waals surface area contributed by atoms with Crippen LogP contribution in [0.2, 0.25) is 0 Å². The van der Waals surface area contributed by atoms with Gasteiger partial charge in [-0.2, -0.15) is 5.10 Å². The van der Waals surface area contributed by atoms with Crippen molar-refractivity contribution in [3.05, 3.63) is 58.3 Å². The molecule has 9 nitrogen and oxygen atoms in total. The third kappa shape index (κ3) is 4.68. The van der Waals surface area contributed by atoms with Crippen molar-refractivity contribution in [2.45, 2.75) is 39.4 Å². The molecule has 2 heterocycles. The molecule has 0 aliphatic carbocycles. The van der Waals surface area contributed by atoms with Crippen LogP contribution in [0.5, 0.6) is 0 Å². The first-order valence-electron chi connectivity index (χ1n) is 9.42. The van der Waals surface area contributed by atoms with Crippen LogP contribution in [0.1, 0.15) is 36.2 Å². The molecule has 1 atom stereocenters. The maximum absolute atomic E-state index is 12.4. The second kappa shape index (κ2) is 8.68. The van der Waals surface area contributed by atoms with Crippen LogP contribution in [0.3, 0.4) is 0 Å². The quantitative estimate of drug-likeness (QED) is 0.618. The van der Waals surface area contributed by atoms with E-state index in [1.807, 2.05) is 13.8 Å². The van der Waals surface area contributed by atoms with Crippen molar-refractivity contribution < 1.29 is 9.59 Å². The molecule has 2 aromatic heterocycles. The summed E-state index contributed by atoms with van der Waals surface area (Å²) in [5.41, 5.74) is 1.59. The fraction of sp³-hybridized carbons (Fsp3) is 0.350. The van der Waals surface area contributed by atoms with Gasteiger partial charge in [-0.05, 0) is 31.0 Å². The number of aromatic nitrogens is 4. The van der Waals surface area contributed by atoms with Gasteiger partial charge >= 0.3 is 0 Å². The van der Waals surface area contributed by atoms with E-state index in [0.717, 1.165) is 12.0 Å². The maximum Gasteiger partial charge on any atom is 0.264 e. The van der Waals surface area contributed by atoms with Crippen LogP contribution in [0, 0.1) is 0 Å². The second-order valence-corrected chi connectivity index (χ2v) is 6.94. The van der Waals surface area contributed by atoms with Gasteiger partial charge in [-0.15, -0.1) is 0 Å². The summed E-state index contributed by atoms with van der Waals surface area (Å²) >= 11 is 0. The highest BCUT2D eigenvalue weighted by Crippen LogP contribution is 2.06. The van der Waals surface area contributed by atoms with E-state index in [0.29, 0.717) is 23.1 Å². The first kappa shape index (κ1) is 20.2. The Balaban J connectivity index is 1.57. The number of hydrogen-bond donors (Lipinski definition) is 2. The summed E-state index contributed by atoms with van der Waals surface area (Å²) in [4.78, 5) is 40.9. The number of nitrogens with one attached hydrogen (secondary N) is 2. The van der Waals surface area contributed by atoms with Crippen LogP contribution in [-0.4, -0.2) is 37.2 Å². The lowest BCUT2D eigenvalue weighted by atomic mass is 10.1. The van der Waals surface area contributed by atoms with Gasteiger partial charge in [0.05, 0.1) is 6.20 Å². The van der Waals surface area contributed by atoms with Crippen molar-refractivity contribution in [3.8, 4) is 0 Å². The molecule has 9 heteroatoms. The first-order chi connectivity index (χ1) is 13.9. The average molecular weight is 396 g/mol. The fourth-order valence-corrected chi connectivity index (χ4v) is 2.77. The summed E-state index contributed by atoms with van der Waals surface area (Å²) < 4.78 is 2.76. The summed E-state index contributed by atoms with van der Waals surface area (Å²) in [5.74, 6) is -0.427. The smallest absolute Gasteiger partial charge is 0.264 e. The Hall–Kier alpha value is -3.49. The summed E-state index contributed by atoms with van der Waals surface area (Å²) in [6.45, 7) is 4.12. The highest BCUT2D eigenvalue weighted by molar-refractivity contribution is 5.94. The fourth-order valence-electron chi connectivity index (χ4n) is 2.77. The molecule has 3 aromatic rings. The van der Waals surface area contributed by atoms with Crippen molar-refractivity contribution in [3.63, 3.8) is 0 Å². The van der Waals surface area contributed by atoms with Crippen molar-refractivity contribution in [2.24, 2.45) is 7.05 Å². The molecule has 29 heavy (non-hydrogen) atoms. The number of fused-ring (bicyclic) bond motifs is 1. The van der Waals surface area contributed by atoms with Gasteiger partial charge in [0.1, 0.15) is 18.3 Å². The number of carbonyl (C=O) groups excluding carboxylic acids is 2. The molecule has 1 unspecified atom stereocenters. The molecular formula is C20H24N6O3. The number of hydrogen-bond acceptors (Lipinski definition) is 5. The van der Waals surface area contributed by atoms with Crippen molar-refractivity contribution in [1.82, 2.24) is 30.0 Å². The van der Waals surface area contributed by atoms with E-state index in [2.05, 4.69) is 20.7 Å². The lowest BCUT2D eigenvalue weighted by molar-refractivity contribution is -0.121. The van der Waals surface area contributed by atoms with Gasteiger partial charge in [0, 0.05) is 25.2 Å². The van der Waals surface area contributed by atoms with Crippen LogP contribution in [0.25, 0.3) is 11.0 Å². The van der Waals surface area contributed by atoms with Gasteiger partial charge in [-0.1, -0.05) is 19.1 Å². The number of carbonyl (C=O) groups is 2. The molecule has 0 saturated heterocycles. The lowest BCUT2D eigenvalue weighted by Crippen LogP contribution is -2.32. The molecule has 0 saturated carbocycles. The molecule has 0 bridgehead atoms. The van der Waals surface area contributed by atoms with Gasteiger partial charge in [0.15, 0.2) is 5.65 Å². The predicted molar refractivity (Wildman–Crippen MR) is 108 cm³/mol. The minimum Gasteiger partial charge on any atom is -0.350 e. The zero-order valence-electron chi connectivity index (χ0n) is 16.7. The number of rotatable bonds is 7. The van der Waals surface area contributed by atoms with Crippen molar-refractivity contribution in [1.29, 1.82) is 0 Å². The number of amides is 2. The van der Waals surface area contributed by atoms with Crippen LogP contribution in [0.4, 0.5) is 0 Å². The molecular weight excluding hydrogens is 372 g/mol. The summed E-state index contributed by atoms with van der Waals surface area (Å²) in [5, 5.41) is 10.1. The minimum atomic E-state index is -0.310. The standard InChI is InChI=1S/C20H24N6O3/c1-4-13(2)24-19(28)15-7-5-14(6-8-15)9-21-17(27)11-26-12-22-18-16(20(26)29)10-23-25(18)3/h5-8,10,12-13H,4,9,11H2,1-3H3,(H,21,27)(H,24,28). The van der Waals surface area contributed by atoms with E-state index in [1.54, 1.807) is 31.3 Å². The van der Waals surface area contributed by atoms with Gasteiger partial charge in [-0.25, -0.2) is 4.98 Å². The highest BCUT2D eigenvalue weighted by atomic mass is 16.2. The third-order valence-electron chi connectivity index (χ3n) is 4.73. The Bertz CT molecular complexity index is 1080. The van der Waals surface area contributed by atoms with Gasteiger partial charge in [0.2, 0.25) is 5.91 Å². The molecule has 2 N–H and O–H groups in total. The van der Waals surface area contributed by atoms with Crippen molar-refractivity contribution >= 4 is 22.8 Å². The number of nitrogens with zero attached hydrogens (tertiary/aromatic N) is 4. The molecule has 0 radical (unpaired) electrons. The van der Waals surface area contributed by atoms with E-state index >= 15 is 0 Å². The molecule has 2 amide bonds. The monoisotopic (exact) mass is 396 g/mol. The highest BCUT2D eigenvalue weighted by Gasteiger charge is 2.11. The third-order valence-corrected chi connectivity index (χ3v) is 4.73. The molecule has 0 spiro atoms. The Morgan fingerprint density at radius 3 is 2.62 bits per heavy atom. The largest absolute Gasteiger partial charge is 0.350 e. The molecule has 3 rings (SSSR count). The van der Waals surface area contributed by atoms with E-state index in [1.165, 1.54) is 21.8 Å². The Labute approximate surface area is 167 Å². The van der Waals surface area contributed by atoms with Crippen LogP contribution in [0.15, 0.2) is 41.6 Å². The first-order valence-corrected chi connectivity index (χ1v) is 9.42. The summed E-state index contributed by atoms with van der Waals surface area (Å²) in [7, 11) is 1.70. The Morgan fingerprint density at radius 2 is 1.93 bits per heavy atom. The van der Waals surface area contributed by atoms with Crippen LogP contribution in [-0.2, 0) is 24.9 Å². The summed E-state index contributed by atoms with van der Waals surface area (Å²) in [6, 6.07) is 7.15. The lowest BCUT2D eigenvalue weighted by Gasteiger charge is -2.12. The second-order valence-electron chi connectivity index (χ2n) is 6.94. The number of benzene rings is 1. The SMILES string of the molecule is CCC(C)NC(=O)c1ccc(CNC(=O)Cn2cnc3c(cnn3C)c2=O)cc1. The van der Waals surface area contributed by atoms with Gasteiger partial charge < -0.3 is 10.6 Å². The van der Waals surface area contributed by atoms with E-state index in [4.69, 9.17) is 0 Å². The zero-order valence-corrected chi connectivity index (χ0v) is 16.7. The normalized spacial score (nSPS) is 12.0. The van der Waals surface area contributed by atoms with Gasteiger partial charge in [-0.3, -0.25) is 23.6 Å². The van der Waals surface area contributed by atoms with E-state index in [-0.39, 0.29) is 30.0 Å². The molecule has 0 aliphatic rings. The minimum absolute atomic E-state index is 0.116.